The predicted molar refractivity (Wildman–Crippen MR) is 77.3 cm³/mol. The topological polar surface area (TPSA) is 87.6 Å². The van der Waals surface area contributed by atoms with E-state index in [9.17, 15) is 4.79 Å². The zero-order valence-corrected chi connectivity index (χ0v) is 11.6. The van der Waals surface area contributed by atoms with Crippen molar-refractivity contribution < 1.29 is 14.3 Å². The minimum atomic E-state index is -0.682. The van der Waals surface area contributed by atoms with Gasteiger partial charge in [-0.25, -0.2) is 4.79 Å². The highest BCUT2D eigenvalue weighted by Crippen LogP contribution is 2.29. The molecule has 0 bridgehead atoms. The summed E-state index contributed by atoms with van der Waals surface area (Å²) in [4.78, 5) is 10.6. The maximum absolute atomic E-state index is 10.6. The second-order valence-corrected chi connectivity index (χ2v) is 5.40. The number of carbonyl (C=O) groups excluding carboxylic acids is 1. The Kier molecular flexibility index (Phi) is 5.09. The van der Waals surface area contributed by atoms with Crippen LogP contribution < -0.4 is 16.2 Å². The summed E-state index contributed by atoms with van der Waals surface area (Å²) in [5.74, 6) is 1.87. The number of hydrogen-bond donors (Lipinski definition) is 2. The maximum Gasteiger partial charge on any atom is 0.404 e. The highest BCUT2D eigenvalue weighted by molar-refractivity contribution is 5.64. The molecular formula is C15H22N2O3. The Bertz CT molecular complexity index is 425. The van der Waals surface area contributed by atoms with Gasteiger partial charge in [-0.2, -0.15) is 0 Å². The number of benzene rings is 1. The van der Waals surface area contributed by atoms with Gasteiger partial charge >= 0.3 is 6.09 Å². The van der Waals surface area contributed by atoms with Gasteiger partial charge in [0.2, 0.25) is 0 Å². The van der Waals surface area contributed by atoms with E-state index in [1.54, 1.807) is 0 Å². The predicted octanol–water partition coefficient (Wildman–Crippen LogP) is 2.55. The van der Waals surface area contributed by atoms with Crippen LogP contribution in [-0.4, -0.2) is 19.3 Å². The minimum Gasteiger partial charge on any atom is -0.493 e. The average Bonchev–Trinajstić information content (AvgIpc) is 2.45. The van der Waals surface area contributed by atoms with E-state index in [1.807, 2.05) is 24.3 Å². The van der Waals surface area contributed by atoms with Crippen LogP contribution in [0.4, 0.5) is 10.5 Å². The third-order valence-corrected chi connectivity index (χ3v) is 3.79. The quantitative estimate of drug-likeness (QED) is 0.810. The first-order valence-corrected chi connectivity index (χ1v) is 7.04. The Labute approximate surface area is 119 Å². The van der Waals surface area contributed by atoms with Crippen molar-refractivity contribution in [2.45, 2.75) is 25.7 Å². The van der Waals surface area contributed by atoms with Gasteiger partial charge in [0, 0.05) is 5.69 Å². The SMILES string of the molecule is NC(=O)OCC1CCC(COc2ccc(N)cc2)CC1. The normalized spacial score (nSPS) is 22.2. The summed E-state index contributed by atoms with van der Waals surface area (Å²) in [5, 5.41) is 0. The van der Waals surface area contributed by atoms with Crippen LogP contribution in [0.2, 0.25) is 0 Å². The summed E-state index contributed by atoms with van der Waals surface area (Å²) in [6, 6.07) is 7.46. The lowest BCUT2D eigenvalue weighted by atomic mass is 9.83. The second kappa shape index (κ2) is 7.03. The molecule has 1 aliphatic rings. The Hall–Kier alpha value is -1.91. The third kappa shape index (κ3) is 4.64. The van der Waals surface area contributed by atoms with E-state index in [4.69, 9.17) is 20.9 Å². The van der Waals surface area contributed by atoms with Crippen molar-refractivity contribution in [3.8, 4) is 5.75 Å². The number of carbonyl (C=O) groups is 1. The lowest BCUT2D eigenvalue weighted by Crippen LogP contribution is -2.25. The summed E-state index contributed by atoms with van der Waals surface area (Å²) < 4.78 is 10.6. The smallest absolute Gasteiger partial charge is 0.404 e. The Balaban J connectivity index is 1.66. The van der Waals surface area contributed by atoms with Crippen LogP contribution >= 0.6 is 0 Å². The zero-order valence-electron chi connectivity index (χ0n) is 11.6. The van der Waals surface area contributed by atoms with Crippen molar-refractivity contribution in [1.82, 2.24) is 0 Å². The molecule has 0 heterocycles. The number of nitrogens with two attached hydrogens (primary N) is 2. The molecular weight excluding hydrogens is 256 g/mol. The monoisotopic (exact) mass is 278 g/mol. The number of primary amides is 1. The van der Waals surface area contributed by atoms with Crippen molar-refractivity contribution >= 4 is 11.8 Å². The molecule has 5 heteroatoms. The first-order valence-electron chi connectivity index (χ1n) is 7.04. The van der Waals surface area contributed by atoms with Crippen LogP contribution in [0.1, 0.15) is 25.7 Å². The molecule has 0 aromatic heterocycles. The summed E-state index contributed by atoms with van der Waals surface area (Å²) in [6.07, 6.45) is 3.63. The van der Waals surface area contributed by atoms with Gasteiger partial charge in [0.25, 0.3) is 0 Å². The van der Waals surface area contributed by atoms with Gasteiger partial charge in [-0.15, -0.1) is 0 Å². The molecule has 0 spiro atoms. The number of rotatable bonds is 5. The van der Waals surface area contributed by atoms with E-state index in [-0.39, 0.29) is 0 Å². The fourth-order valence-corrected chi connectivity index (χ4v) is 2.54. The molecule has 1 aromatic carbocycles. The van der Waals surface area contributed by atoms with Crippen LogP contribution in [-0.2, 0) is 4.74 Å². The van der Waals surface area contributed by atoms with Crippen molar-refractivity contribution in [2.24, 2.45) is 17.6 Å². The molecule has 0 unspecified atom stereocenters. The number of hydrogen-bond acceptors (Lipinski definition) is 4. The van der Waals surface area contributed by atoms with E-state index in [2.05, 4.69) is 0 Å². The Morgan fingerprint density at radius 1 is 1.05 bits per heavy atom. The van der Waals surface area contributed by atoms with E-state index in [0.717, 1.165) is 43.7 Å². The second-order valence-electron chi connectivity index (χ2n) is 5.40. The molecule has 1 fully saturated rings. The van der Waals surface area contributed by atoms with Crippen LogP contribution in [0.3, 0.4) is 0 Å². The highest BCUT2D eigenvalue weighted by atomic mass is 16.5. The molecule has 1 aliphatic carbocycles. The molecule has 1 amide bonds. The Morgan fingerprint density at radius 3 is 2.15 bits per heavy atom. The Morgan fingerprint density at radius 2 is 1.60 bits per heavy atom. The summed E-state index contributed by atoms with van der Waals surface area (Å²) in [7, 11) is 0. The van der Waals surface area contributed by atoms with Crippen LogP contribution in [0.5, 0.6) is 5.75 Å². The van der Waals surface area contributed by atoms with E-state index in [1.165, 1.54) is 0 Å². The van der Waals surface area contributed by atoms with Gasteiger partial charge in [-0.3, -0.25) is 0 Å². The molecule has 1 aromatic rings. The van der Waals surface area contributed by atoms with Crippen molar-refractivity contribution in [3.05, 3.63) is 24.3 Å². The molecule has 2 rings (SSSR count). The average molecular weight is 278 g/mol. The summed E-state index contributed by atoms with van der Waals surface area (Å²) in [6.45, 7) is 1.17. The summed E-state index contributed by atoms with van der Waals surface area (Å²) in [5.41, 5.74) is 11.3. The third-order valence-electron chi connectivity index (χ3n) is 3.79. The maximum atomic E-state index is 10.6. The fraction of sp³-hybridized carbons (Fsp3) is 0.533. The lowest BCUT2D eigenvalue weighted by Gasteiger charge is -2.27. The zero-order chi connectivity index (χ0) is 14.4. The number of anilines is 1. The van der Waals surface area contributed by atoms with E-state index >= 15 is 0 Å². The van der Waals surface area contributed by atoms with E-state index in [0.29, 0.717) is 18.4 Å². The molecule has 0 atom stereocenters. The fourth-order valence-electron chi connectivity index (χ4n) is 2.54. The molecule has 1 saturated carbocycles. The highest BCUT2D eigenvalue weighted by Gasteiger charge is 2.22. The van der Waals surface area contributed by atoms with Crippen LogP contribution in [0.25, 0.3) is 0 Å². The van der Waals surface area contributed by atoms with Gasteiger partial charge in [0.05, 0.1) is 13.2 Å². The molecule has 5 nitrogen and oxygen atoms in total. The van der Waals surface area contributed by atoms with E-state index < -0.39 is 6.09 Å². The first kappa shape index (κ1) is 14.5. The standard InChI is InChI=1S/C15H22N2O3/c16-13-5-7-14(8-6-13)19-9-11-1-3-12(4-2-11)10-20-15(17)18/h5-8,11-12H,1-4,9-10,16H2,(H2,17,18). The van der Waals surface area contributed by atoms with Crippen LogP contribution in [0, 0.1) is 11.8 Å². The van der Waals surface area contributed by atoms with Gasteiger partial charge in [-0.05, 0) is 61.8 Å². The van der Waals surface area contributed by atoms with Crippen LogP contribution in [0.15, 0.2) is 24.3 Å². The summed E-state index contributed by atoms with van der Waals surface area (Å²) >= 11 is 0. The lowest BCUT2D eigenvalue weighted by molar-refractivity contribution is 0.107. The van der Waals surface area contributed by atoms with Crippen molar-refractivity contribution in [3.63, 3.8) is 0 Å². The van der Waals surface area contributed by atoms with Gasteiger partial charge in [-0.1, -0.05) is 0 Å². The van der Waals surface area contributed by atoms with Gasteiger partial charge < -0.3 is 20.9 Å². The van der Waals surface area contributed by atoms with Gasteiger partial charge in [0.1, 0.15) is 5.75 Å². The largest absolute Gasteiger partial charge is 0.493 e. The van der Waals surface area contributed by atoms with Crippen molar-refractivity contribution in [1.29, 1.82) is 0 Å². The molecule has 110 valence electrons. The molecule has 0 saturated heterocycles. The molecule has 0 radical (unpaired) electrons. The number of ether oxygens (including phenoxy) is 2. The molecule has 4 N–H and O–H groups in total. The van der Waals surface area contributed by atoms with Gasteiger partial charge in [0.15, 0.2) is 0 Å². The number of amides is 1. The van der Waals surface area contributed by atoms with Crippen molar-refractivity contribution in [2.75, 3.05) is 18.9 Å². The first-order chi connectivity index (χ1) is 9.63. The minimum absolute atomic E-state index is 0.440. The number of nitrogen functional groups attached to an aromatic ring is 1. The molecule has 0 aliphatic heterocycles. The molecule has 20 heavy (non-hydrogen) atoms.